The first-order valence-corrected chi connectivity index (χ1v) is 7.41. The molecule has 0 spiro atoms. The second-order valence-electron chi connectivity index (χ2n) is 4.97. The van der Waals surface area contributed by atoms with Gasteiger partial charge in [-0.3, -0.25) is 4.79 Å². The van der Waals surface area contributed by atoms with E-state index in [1.165, 1.54) is 11.5 Å². The lowest BCUT2D eigenvalue weighted by atomic mass is 9.91. The minimum absolute atomic E-state index is 0.0193. The van der Waals surface area contributed by atoms with Crippen LogP contribution in [-0.2, 0) is 5.41 Å². The Morgan fingerprint density at radius 2 is 2.12 bits per heavy atom. The number of amides is 1. The van der Waals surface area contributed by atoms with Crippen molar-refractivity contribution >= 4 is 33.4 Å². The highest BCUT2D eigenvalue weighted by Gasteiger charge is 2.27. The van der Waals surface area contributed by atoms with E-state index in [-0.39, 0.29) is 11.3 Å². The first-order chi connectivity index (χ1) is 7.88. The third-order valence-electron chi connectivity index (χ3n) is 2.37. The number of aromatic nitrogens is 2. The molecule has 1 amide bonds. The molecule has 0 N–H and O–H groups in total. The van der Waals surface area contributed by atoms with Crippen molar-refractivity contribution in [2.24, 2.45) is 0 Å². The van der Waals surface area contributed by atoms with Gasteiger partial charge < -0.3 is 4.90 Å². The van der Waals surface area contributed by atoms with E-state index in [1.54, 1.807) is 4.90 Å². The molecule has 4 nitrogen and oxygen atoms in total. The van der Waals surface area contributed by atoms with Crippen molar-refractivity contribution in [1.29, 1.82) is 0 Å². The lowest BCUT2D eigenvalue weighted by Gasteiger charge is -2.19. The zero-order valence-corrected chi connectivity index (χ0v) is 13.1. The average molecular weight is 320 g/mol. The quantitative estimate of drug-likeness (QED) is 0.801. The maximum absolute atomic E-state index is 12.2. The van der Waals surface area contributed by atoms with E-state index < -0.39 is 0 Å². The topological polar surface area (TPSA) is 46.1 Å². The summed E-state index contributed by atoms with van der Waals surface area (Å²) >= 11 is 4.54. The molecule has 1 aromatic rings. The number of alkyl halides is 1. The van der Waals surface area contributed by atoms with E-state index >= 15 is 0 Å². The normalized spacial score (nSPS) is 11.6. The summed E-state index contributed by atoms with van der Waals surface area (Å²) in [5, 5.41) is 4.98. The number of rotatable bonds is 4. The smallest absolute Gasteiger partial charge is 0.267 e. The summed E-state index contributed by atoms with van der Waals surface area (Å²) in [5.41, 5.74) is 0.645. The number of hydrogen-bond donors (Lipinski definition) is 0. The highest BCUT2D eigenvalue weighted by molar-refractivity contribution is 9.09. The number of halogens is 1. The fourth-order valence-corrected chi connectivity index (χ4v) is 2.52. The third-order valence-corrected chi connectivity index (χ3v) is 3.64. The van der Waals surface area contributed by atoms with Gasteiger partial charge in [0, 0.05) is 24.3 Å². The molecule has 0 aliphatic carbocycles. The van der Waals surface area contributed by atoms with Gasteiger partial charge >= 0.3 is 0 Å². The molecule has 0 unspecified atom stereocenters. The zero-order valence-electron chi connectivity index (χ0n) is 10.7. The van der Waals surface area contributed by atoms with Gasteiger partial charge in [0.05, 0.1) is 5.69 Å². The van der Waals surface area contributed by atoms with Gasteiger partial charge in [-0.15, -0.1) is 5.10 Å². The molecule has 0 saturated carbocycles. The molecule has 0 bridgehead atoms. The van der Waals surface area contributed by atoms with Gasteiger partial charge in [-0.1, -0.05) is 41.2 Å². The molecule has 0 radical (unpaired) electrons. The Morgan fingerprint density at radius 3 is 2.65 bits per heavy atom. The SMILES string of the molecule is CN(CCCBr)C(=O)c1snnc1C(C)(C)C. The molecule has 1 aromatic heterocycles. The van der Waals surface area contributed by atoms with Crippen molar-refractivity contribution in [3.05, 3.63) is 10.6 Å². The number of hydrogen-bond acceptors (Lipinski definition) is 4. The summed E-state index contributed by atoms with van der Waals surface area (Å²) < 4.78 is 3.91. The van der Waals surface area contributed by atoms with Crippen molar-refractivity contribution in [2.45, 2.75) is 32.6 Å². The second kappa shape index (κ2) is 5.91. The molecular weight excluding hydrogens is 302 g/mol. The van der Waals surface area contributed by atoms with E-state index in [1.807, 2.05) is 27.8 Å². The zero-order chi connectivity index (χ0) is 13.1. The Hall–Kier alpha value is -0.490. The standard InChI is InChI=1S/C11H18BrN3OS/c1-11(2,3)9-8(17-14-13-9)10(16)15(4)7-5-6-12/h5-7H2,1-4H3. The Balaban J connectivity index is 2.86. The van der Waals surface area contributed by atoms with Crippen LogP contribution in [0.1, 0.15) is 42.6 Å². The molecule has 0 fully saturated rings. The molecule has 0 aromatic carbocycles. The third kappa shape index (κ3) is 3.74. The maximum Gasteiger partial charge on any atom is 0.267 e. The number of nitrogens with zero attached hydrogens (tertiary/aromatic N) is 3. The van der Waals surface area contributed by atoms with Crippen molar-refractivity contribution in [1.82, 2.24) is 14.5 Å². The van der Waals surface area contributed by atoms with Crippen LogP contribution in [0.25, 0.3) is 0 Å². The lowest BCUT2D eigenvalue weighted by Crippen LogP contribution is -2.29. The molecule has 17 heavy (non-hydrogen) atoms. The molecule has 0 saturated heterocycles. The Labute approximate surface area is 115 Å². The summed E-state index contributed by atoms with van der Waals surface area (Å²) in [6.45, 7) is 6.86. The first-order valence-electron chi connectivity index (χ1n) is 5.52. The monoisotopic (exact) mass is 319 g/mol. The van der Waals surface area contributed by atoms with Crippen LogP contribution in [0.2, 0.25) is 0 Å². The maximum atomic E-state index is 12.2. The number of carbonyl (C=O) groups is 1. The molecule has 0 aliphatic heterocycles. The van der Waals surface area contributed by atoms with Crippen LogP contribution in [0.3, 0.4) is 0 Å². The van der Waals surface area contributed by atoms with Crippen LogP contribution in [0, 0.1) is 0 Å². The summed E-state index contributed by atoms with van der Waals surface area (Å²) in [5.74, 6) is 0.0193. The predicted molar refractivity (Wildman–Crippen MR) is 74.0 cm³/mol. The lowest BCUT2D eigenvalue weighted by molar-refractivity contribution is 0.0797. The minimum atomic E-state index is -0.145. The van der Waals surface area contributed by atoms with Gasteiger partial charge in [0.15, 0.2) is 0 Å². The van der Waals surface area contributed by atoms with E-state index in [0.717, 1.165) is 24.0 Å². The van der Waals surface area contributed by atoms with Crippen LogP contribution in [-0.4, -0.2) is 39.3 Å². The first kappa shape index (κ1) is 14.6. The van der Waals surface area contributed by atoms with Crippen LogP contribution in [0.15, 0.2) is 0 Å². The van der Waals surface area contributed by atoms with E-state index in [0.29, 0.717) is 4.88 Å². The number of carbonyl (C=O) groups excluding carboxylic acids is 1. The molecule has 1 rings (SSSR count). The van der Waals surface area contributed by atoms with E-state index in [4.69, 9.17) is 0 Å². The predicted octanol–water partition coefficient (Wildman–Crippen LogP) is 2.69. The van der Waals surface area contributed by atoms with E-state index in [9.17, 15) is 4.79 Å². The van der Waals surface area contributed by atoms with Crippen molar-refractivity contribution < 1.29 is 4.79 Å². The minimum Gasteiger partial charge on any atom is -0.341 e. The molecule has 6 heteroatoms. The summed E-state index contributed by atoms with van der Waals surface area (Å²) in [6.07, 6.45) is 0.944. The Morgan fingerprint density at radius 1 is 1.47 bits per heavy atom. The molecular formula is C11H18BrN3OS. The van der Waals surface area contributed by atoms with Crippen LogP contribution < -0.4 is 0 Å². The van der Waals surface area contributed by atoms with Crippen LogP contribution in [0.4, 0.5) is 0 Å². The second-order valence-corrected chi connectivity index (χ2v) is 6.52. The van der Waals surface area contributed by atoms with E-state index in [2.05, 4.69) is 25.5 Å². The molecule has 0 aliphatic rings. The highest BCUT2D eigenvalue weighted by atomic mass is 79.9. The fraction of sp³-hybridized carbons (Fsp3) is 0.727. The summed E-state index contributed by atoms with van der Waals surface area (Å²) in [6, 6.07) is 0. The van der Waals surface area contributed by atoms with Crippen molar-refractivity contribution in [2.75, 3.05) is 18.9 Å². The van der Waals surface area contributed by atoms with Gasteiger partial charge in [0.1, 0.15) is 4.88 Å². The summed E-state index contributed by atoms with van der Waals surface area (Å²) in [7, 11) is 1.82. The summed E-state index contributed by atoms with van der Waals surface area (Å²) in [4.78, 5) is 14.6. The Kier molecular flexibility index (Phi) is 5.06. The average Bonchev–Trinajstić information content (AvgIpc) is 2.73. The van der Waals surface area contributed by atoms with Crippen molar-refractivity contribution in [3.8, 4) is 0 Å². The highest BCUT2D eigenvalue weighted by Crippen LogP contribution is 2.26. The van der Waals surface area contributed by atoms with Crippen molar-refractivity contribution in [3.63, 3.8) is 0 Å². The van der Waals surface area contributed by atoms with Gasteiger partial charge in [-0.05, 0) is 18.0 Å². The fourth-order valence-electron chi connectivity index (χ4n) is 1.39. The molecule has 1 heterocycles. The van der Waals surface area contributed by atoms with Gasteiger partial charge in [-0.25, -0.2) is 0 Å². The Bertz CT molecular complexity index is 386. The molecule has 0 atom stereocenters. The van der Waals surface area contributed by atoms with Gasteiger partial charge in [0.25, 0.3) is 5.91 Å². The van der Waals surface area contributed by atoms with Crippen LogP contribution >= 0.6 is 27.5 Å². The van der Waals surface area contributed by atoms with Crippen LogP contribution in [0.5, 0.6) is 0 Å². The van der Waals surface area contributed by atoms with Gasteiger partial charge in [-0.2, -0.15) is 0 Å². The van der Waals surface area contributed by atoms with Gasteiger partial charge in [0.2, 0.25) is 0 Å². The molecule has 96 valence electrons. The largest absolute Gasteiger partial charge is 0.341 e.